The first-order valence-electron chi connectivity index (χ1n) is 6.43. The number of nitrogens with one attached hydrogen (secondary N) is 1. The maximum atomic E-state index is 12.7. The van der Waals surface area contributed by atoms with Gasteiger partial charge in [0.1, 0.15) is 18.2 Å². The lowest BCUT2D eigenvalue weighted by atomic mass is 10.2. The van der Waals surface area contributed by atoms with Crippen LogP contribution in [-0.2, 0) is 10.0 Å². The van der Waals surface area contributed by atoms with Crippen LogP contribution in [0.1, 0.15) is 5.56 Å². The molecule has 0 amide bonds. The van der Waals surface area contributed by atoms with Crippen LogP contribution < -0.4 is 9.46 Å². The molecule has 21 heavy (non-hydrogen) atoms. The highest BCUT2D eigenvalue weighted by molar-refractivity contribution is 7.89. The van der Waals surface area contributed by atoms with Gasteiger partial charge >= 0.3 is 0 Å². The van der Waals surface area contributed by atoms with Crippen molar-refractivity contribution in [3.05, 3.63) is 59.9 Å². The van der Waals surface area contributed by atoms with Crippen LogP contribution in [-0.4, -0.2) is 21.6 Å². The first-order valence-corrected chi connectivity index (χ1v) is 7.91. The van der Waals surface area contributed by atoms with Gasteiger partial charge in [0.2, 0.25) is 10.0 Å². The third-order valence-corrected chi connectivity index (χ3v) is 4.48. The summed E-state index contributed by atoms with van der Waals surface area (Å²) in [5.74, 6) is 0.147. The summed E-state index contributed by atoms with van der Waals surface area (Å²) in [7, 11) is -3.54. The van der Waals surface area contributed by atoms with Gasteiger partial charge in [0.15, 0.2) is 0 Å². The fourth-order valence-corrected chi connectivity index (χ4v) is 3.07. The molecule has 2 aromatic carbocycles. The Balaban J connectivity index is 1.88. The molecular formula is C15H16FNO3S. The van der Waals surface area contributed by atoms with Crippen LogP contribution in [0.2, 0.25) is 0 Å². The average molecular weight is 309 g/mol. The number of ether oxygens (including phenoxy) is 1. The summed E-state index contributed by atoms with van der Waals surface area (Å²) in [5, 5.41) is 0. The molecule has 0 saturated heterocycles. The summed E-state index contributed by atoms with van der Waals surface area (Å²) in [5.41, 5.74) is 0.685. The van der Waals surface area contributed by atoms with Crippen molar-refractivity contribution in [1.82, 2.24) is 4.72 Å². The van der Waals surface area contributed by atoms with E-state index in [2.05, 4.69) is 4.72 Å². The van der Waals surface area contributed by atoms with Crippen molar-refractivity contribution in [3.63, 3.8) is 0 Å². The van der Waals surface area contributed by atoms with Crippen LogP contribution >= 0.6 is 0 Å². The minimum Gasteiger partial charge on any atom is -0.492 e. The number of halogens is 1. The standard InChI is InChI=1S/C15H16FNO3S/c1-12-4-2-3-5-15(12)21(18,19)17-10-11-20-14-8-6-13(16)7-9-14/h2-9,17H,10-11H2,1H3. The van der Waals surface area contributed by atoms with Gasteiger partial charge < -0.3 is 4.74 Å². The molecule has 0 aliphatic heterocycles. The summed E-state index contributed by atoms with van der Waals surface area (Å²) >= 11 is 0. The van der Waals surface area contributed by atoms with E-state index in [0.717, 1.165) is 0 Å². The molecule has 1 N–H and O–H groups in total. The summed E-state index contributed by atoms with van der Waals surface area (Å²) in [6, 6.07) is 12.3. The highest BCUT2D eigenvalue weighted by Gasteiger charge is 2.15. The smallest absolute Gasteiger partial charge is 0.240 e. The predicted molar refractivity (Wildman–Crippen MR) is 78.3 cm³/mol. The van der Waals surface area contributed by atoms with Gasteiger partial charge in [-0.3, -0.25) is 0 Å². The van der Waals surface area contributed by atoms with E-state index in [-0.39, 0.29) is 23.9 Å². The fraction of sp³-hybridized carbons (Fsp3) is 0.200. The Bertz CT molecular complexity index is 699. The van der Waals surface area contributed by atoms with Crippen LogP contribution in [0.15, 0.2) is 53.4 Å². The molecule has 0 saturated carbocycles. The SMILES string of the molecule is Cc1ccccc1S(=O)(=O)NCCOc1ccc(F)cc1. The lowest BCUT2D eigenvalue weighted by Gasteiger charge is -2.10. The molecule has 0 fully saturated rings. The molecule has 2 aromatic rings. The van der Waals surface area contributed by atoms with Crippen molar-refractivity contribution in [3.8, 4) is 5.75 Å². The van der Waals surface area contributed by atoms with Crippen LogP contribution in [0.3, 0.4) is 0 Å². The zero-order chi connectivity index (χ0) is 15.3. The Morgan fingerprint density at radius 2 is 1.76 bits per heavy atom. The monoisotopic (exact) mass is 309 g/mol. The molecule has 4 nitrogen and oxygen atoms in total. The number of benzene rings is 2. The molecule has 0 aliphatic rings. The number of hydrogen-bond acceptors (Lipinski definition) is 3. The molecule has 112 valence electrons. The van der Waals surface area contributed by atoms with Crippen molar-refractivity contribution in [2.45, 2.75) is 11.8 Å². The molecule has 0 unspecified atom stereocenters. The second kappa shape index (κ2) is 6.69. The van der Waals surface area contributed by atoms with Gasteiger partial charge in [-0.25, -0.2) is 17.5 Å². The van der Waals surface area contributed by atoms with Crippen LogP contribution in [0.25, 0.3) is 0 Å². The zero-order valence-corrected chi connectivity index (χ0v) is 12.4. The minimum absolute atomic E-state index is 0.133. The Labute approximate surface area is 123 Å². The highest BCUT2D eigenvalue weighted by Crippen LogP contribution is 2.14. The largest absolute Gasteiger partial charge is 0.492 e. The van der Waals surface area contributed by atoms with Crippen molar-refractivity contribution in [1.29, 1.82) is 0 Å². The van der Waals surface area contributed by atoms with Gasteiger partial charge in [-0.05, 0) is 42.8 Å². The van der Waals surface area contributed by atoms with Crippen LogP contribution in [0, 0.1) is 12.7 Å². The zero-order valence-electron chi connectivity index (χ0n) is 11.5. The Hall–Kier alpha value is -1.92. The van der Waals surface area contributed by atoms with E-state index in [1.54, 1.807) is 31.2 Å². The summed E-state index contributed by atoms with van der Waals surface area (Å²) in [6.07, 6.45) is 0. The molecule has 0 aromatic heterocycles. The molecule has 0 spiro atoms. The van der Waals surface area contributed by atoms with Gasteiger partial charge in [0.25, 0.3) is 0 Å². The lowest BCUT2D eigenvalue weighted by molar-refractivity contribution is 0.322. The highest BCUT2D eigenvalue weighted by atomic mass is 32.2. The predicted octanol–water partition coefficient (Wildman–Crippen LogP) is 2.49. The molecule has 0 bridgehead atoms. The first kappa shape index (κ1) is 15.5. The molecule has 0 radical (unpaired) electrons. The summed E-state index contributed by atoms with van der Waals surface area (Å²) < 4.78 is 44.7. The van der Waals surface area contributed by atoms with E-state index in [1.807, 2.05) is 0 Å². The maximum absolute atomic E-state index is 12.7. The Kier molecular flexibility index (Phi) is 4.93. The van der Waals surface area contributed by atoms with E-state index in [9.17, 15) is 12.8 Å². The molecule has 0 heterocycles. The van der Waals surface area contributed by atoms with Gasteiger partial charge in [-0.15, -0.1) is 0 Å². The van der Waals surface area contributed by atoms with Gasteiger partial charge in [0.05, 0.1) is 4.90 Å². The summed E-state index contributed by atoms with van der Waals surface area (Å²) in [6.45, 7) is 2.04. The van der Waals surface area contributed by atoms with Gasteiger partial charge in [-0.1, -0.05) is 18.2 Å². The fourth-order valence-electron chi connectivity index (χ4n) is 1.81. The lowest BCUT2D eigenvalue weighted by Crippen LogP contribution is -2.28. The second-order valence-corrected chi connectivity index (χ2v) is 6.20. The first-order chi connectivity index (χ1) is 9.99. The Morgan fingerprint density at radius 1 is 1.10 bits per heavy atom. The van der Waals surface area contributed by atoms with E-state index in [0.29, 0.717) is 11.3 Å². The van der Waals surface area contributed by atoms with E-state index in [1.165, 1.54) is 24.3 Å². The number of rotatable bonds is 6. The molecule has 0 atom stereocenters. The minimum atomic E-state index is -3.54. The van der Waals surface area contributed by atoms with Crippen molar-refractivity contribution in [2.24, 2.45) is 0 Å². The second-order valence-electron chi connectivity index (χ2n) is 4.47. The van der Waals surface area contributed by atoms with Crippen molar-refractivity contribution >= 4 is 10.0 Å². The van der Waals surface area contributed by atoms with Gasteiger partial charge in [0, 0.05) is 6.54 Å². The normalized spacial score (nSPS) is 11.3. The number of aryl methyl sites for hydroxylation is 1. The van der Waals surface area contributed by atoms with Gasteiger partial charge in [-0.2, -0.15) is 0 Å². The maximum Gasteiger partial charge on any atom is 0.240 e. The molecule has 6 heteroatoms. The topological polar surface area (TPSA) is 55.4 Å². The molecular weight excluding hydrogens is 293 g/mol. The quantitative estimate of drug-likeness (QED) is 0.834. The third-order valence-electron chi connectivity index (χ3n) is 2.86. The Morgan fingerprint density at radius 3 is 2.43 bits per heavy atom. The van der Waals surface area contributed by atoms with Crippen LogP contribution in [0.4, 0.5) is 4.39 Å². The third kappa shape index (κ3) is 4.27. The van der Waals surface area contributed by atoms with Crippen molar-refractivity contribution < 1.29 is 17.5 Å². The number of hydrogen-bond donors (Lipinski definition) is 1. The molecule has 0 aliphatic carbocycles. The van der Waals surface area contributed by atoms with Crippen LogP contribution in [0.5, 0.6) is 5.75 Å². The van der Waals surface area contributed by atoms with E-state index >= 15 is 0 Å². The average Bonchev–Trinajstić information content (AvgIpc) is 2.46. The summed E-state index contributed by atoms with van der Waals surface area (Å²) in [4.78, 5) is 0.256. The molecule has 2 rings (SSSR count). The van der Waals surface area contributed by atoms with E-state index < -0.39 is 10.0 Å². The van der Waals surface area contributed by atoms with Crippen molar-refractivity contribution in [2.75, 3.05) is 13.2 Å². The number of sulfonamides is 1. The van der Waals surface area contributed by atoms with E-state index in [4.69, 9.17) is 4.74 Å².